The van der Waals surface area contributed by atoms with Crippen LogP contribution in [0.3, 0.4) is 0 Å². The van der Waals surface area contributed by atoms with Crippen molar-refractivity contribution in [1.82, 2.24) is 24.4 Å². The summed E-state index contributed by atoms with van der Waals surface area (Å²) in [6, 6.07) is 7.80. The number of fused-ring (bicyclic) bond motifs is 1. The lowest BCUT2D eigenvalue weighted by Crippen LogP contribution is -2.48. The van der Waals surface area contributed by atoms with Gasteiger partial charge in [0.25, 0.3) is 5.91 Å². The zero-order valence-corrected chi connectivity index (χ0v) is 24.7. The van der Waals surface area contributed by atoms with Crippen LogP contribution in [-0.4, -0.2) is 91.8 Å². The van der Waals surface area contributed by atoms with Crippen LogP contribution in [-0.2, 0) is 14.8 Å². The molecule has 2 aliphatic heterocycles. The van der Waals surface area contributed by atoms with Crippen LogP contribution in [0.1, 0.15) is 50.0 Å². The average Bonchev–Trinajstić information content (AvgIpc) is 3.30. The summed E-state index contributed by atoms with van der Waals surface area (Å²) >= 11 is 0. The Balaban J connectivity index is 1.55. The van der Waals surface area contributed by atoms with Gasteiger partial charge in [-0.3, -0.25) is 4.79 Å². The number of likely N-dealkylation sites (tertiary alicyclic amines) is 1. The molecular weight excluding hydrogens is 551 g/mol. The summed E-state index contributed by atoms with van der Waals surface area (Å²) < 4.78 is 52.7. The van der Waals surface area contributed by atoms with Gasteiger partial charge in [0.05, 0.1) is 29.8 Å². The number of hydrogen-bond acceptors (Lipinski definition) is 9. The van der Waals surface area contributed by atoms with Gasteiger partial charge < -0.3 is 19.3 Å². The number of ether oxygens (including phenoxy) is 2. The number of nitrogens with one attached hydrogen (secondary N) is 1. The number of methoxy groups -OCH3 is 1. The molecule has 2 fully saturated rings. The molecule has 0 bridgehead atoms. The van der Waals surface area contributed by atoms with Crippen LogP contribution in [0.5, 0.6) is 5.88 Å². The molecule has 2 saturated heterocycles. The maximum absolute atomic E-state index is 13.7. The van der Waals surface area contributed by atoms with Crippen LogP contribution in [0.2, 0.25) is 0 Å². The fourth-order valence-corrected chi connectivity index (χ4v) is 6.11. The van der Waals surface area contributed by atoms with E-state index in [2.05, 4.69) is 19.9 Å². The number of anilines is 1. The first-order valence-corrected chi connectivity index (χ1v) is 15.8. The summed E-state index contributed by atoms with van der Waals surface area (Å²) in [7, 11) is -2.05. The van der Waals surface area contributed by atoms with Gasteiger partial charge in [0.2, 0.25) is 15.9 Å². The highest BCUT2D eigenvalue weighted by Gasteiger charge is 2.31. The molecule has 0 aliphatic carbocycles. The van der Waals surface area contributed by atoms with Crippen LogP contribution in [0, 0.1) is 5.82 Å². The molecule has 3 aromatic rings. The number of halogens is 1. The quantitative estimate of drug-likeness (QED) is 0.423. The third-order valence-electron chi connectivity index (χ3n) is 7.65. The van der Waals surface area contributed by atoms with E-state index in [4.69, 9.17) is 9.47 Å². The SMILES string of the molecule is COC1CCN(C2CCN(c3cc(C(=O)NS(C)(=O)=O)nc4c3c(OC(C)C)nn4-c3ccc(F)cc3)CC2)CC1. The number of carbonyl (C=O) groups excluding carboxylic acids is 1. The van der Waals surface area contributed by atoms with Crippen molar-refractivity contribution in [2.24, 2.45) is 0 Å². The lowest BCUT2D eigenvalue weighted by molar-refractivity contribution is 0.0233. The van der Waals surface area contributed by atoms with E-state index < -0.39 is 21.7 Å². The average molecular weight is 589 g/mol. The monoisotopic (exact) mass is 588 g/mol. The Morgan fingerprint density at radius 1 is 1.07 bits per heavy atom. The summed E-state index contributed by atoms with van der Waals surface area (Å²) in [6.45, 7) is 7.25. The molecule has 0 atom stereocenters. The minimum absolute atomic E-state index is 0.0685. The molecule has 5 rings (SSSR count). The molecule has 0 spiro atoms. The maximum Gasteiger partial charge on any atom is 0.283 e. The predicted molar refractivity (Wildman–Crippen MR) is 154 cm³/mol. The Kier molecular flexibility index (Phi) is 8.48. The Morgan fingerprint density at radius 2 is 1.73 bits per heavy atom. The topological polar surface area (TPSA) is 119 Å². The molecule has 4 heterocycles. The van der Waals surface area contributed by atoms with Gasteiger partial charge in [-0.1, -0.05) is 0 Å². The molecule has 2 aromatic heterocycles. The van der Waals surface area contributed by atoms with Gasteiger partial charge >= 0.3 is 0 Å². The number of pyridine rings is 1. The fourth-order valence-electron chi connectivity index (χ4n) is 5.67. The number of amides is 1. The molecule has 41 heavy (non-hydrogen) atoms. The van der Waals surface area contributed by atoms with E-state index in [0.29, 0.717) is 40.4 Å². The minimum atomic E-state index is -3.82. The van der Waals surface area contributed by atoms with Gasteiger partial charge in [0.15, 0.2) is 5.65 Å². The lowest BCUT2D eigenvalue weighted by atomic mass is 9.98. The number of piperidine rings is 2. The summed E-state index contributed by atoms with van der Waals surface area (Å²) in [5.74, 6) is -0.912. The number of sulfonamides is 1. The van der Waals surface area contributed by atoms with Gasteiger partial charge in [-0.2, -0.15) is 0 Å². The van der Waals surface area contributed by atoms with E-state index in [-0.39, 0.29) is 11.8 Å². The van der Waals surface area contributed by atoms with Crippen molar-refractivity contribution >= 4 is 32.7 Å². The van der Waals surface area contributed by atoms with Gasteiger partial charge in [0, 0.05) is 39.3 Å². The van der Waals surface area contributed by atoms with Gasteiger partial charge in [-0.05, 0) is 69.9 Å². The second kappa shape index (κ2) is 11.9. The van der Waals surface area contributed by atoms with Crippen molar-refractivity contribution < 1.29 is 27.1 Å². The van der Waals surface area contributed by atoms with Gasteiger partial charge in [0.1, 0.15) is 16.9 Å². The molecule has 11 nitrogen and oxygen atoms in total. The van der Waals surface area contributed by atoms with Crippen molar-refractivity contribution in [2.75, 3.05) is 44.4 Å². The smallest absolute Gasteiger partial charge is 0.283 e. The molecule has 1 N–H and O–H groups in total. The number of hydrogen-bond donors (Lipinski definition) is 1. The first-order chi connectivity index (χ1) is 19.5. The molecule has 222 valence electrons. The number of rotatable bonds is 8. The van der Waals surface area contributed by atoms with Crippen molar-refractivity contribution in [3.63, 3.8) is 0 Å². The number of aromatic nitrogens is 3. The highest BCUT2D eigenvalue weighted by atomic mass is 32.2. The summed E-state index contributed by atoms with van der Waals surface area (Å²) in [6.07, 6.45) is 4.96. The van der Waals surface area contributed by atoms with Crippen LogP contribution in [0.4, 0.5) is 10.1 Å². The standard InChI is InChI=1S/C28H37FN6O5S/c1-18(2)40-28-25-24(34-13-9-20(10-14-34)33-15-11-22(39-3)12-16-33)17-23(27(36)32-41(4,37)38)30-26(25)35(31-28)21-7-5-19(29)6-8-21/h5-8,17-18,20,22H,9-16H2,1-4H3,(H,32,36). The summed E-state index contributed by atoms with van der Waals surface area (Å²) in [5, 5.41) is 5.29. The van der Waals surface area contributed by atoms with Gasteiger partial charge in [-0.15, -0.1) is 5.10 Å². The van der Waals surface area contributed by atoms with Crippen LogP contribution < -0.4 is 14.4 Å². The number of nitrogens with zero attached hydrogens (tertiary/aromatic N) is 5. The highest BCUT2D eigenvalue weighted by Crippen LogP contribution is 2.38. The van der Waals surface area contributed by atoms with Crippen LogP contribution >= 0.6 is 0 Å². The predicted octanol–water partition coefficient (Wildman–Crippen LogP) is 3.12. The normalized spacial score (nSPS) is 17.9. The third-order valence-corrected chi connectivity index (χ3v) is 8.20. The Morgan fingerprint density at radius 3 is 2.32 bits per heavy atom. The zero-order valence-electron chi connectivity index (χ0n) is 23.8. The van der Waals surface area contributed by atoms with E-state index in [1.54, 1.807) is 25.3 Å². The summed E-state index contributed by atoms with van der Waals surface area (Å²) in [4.78, 5) is 22.3. The van der Waals surface area contributed by atoms with E-state index in [0.717, 1.165) is 58.1 Å². The molecule has 0 radical (unpaired) electrons. The van der Waals surface area contributed by atoms with Crippen molar-refractivity contribution in [2.45, 2.75) is 57.8 Å². The lowest BCUT2D eigenvalue weighted by Gasteiger charge is -2.42. The van der Waals surface area contributed by atoms with E-state index >= 15 is 0 Å². The molecule has 13 heteroatoms. The molecule has 1 amide bonds. The Labute approximate surface area is 239 Å². The van der Waals surface area contributed by atoms with Crippen molar-refractivity contribution in [3.05, 3.63) is 41.8 Å². The molecular formula is C28H37FN6O5S. The fraction of sp³-hybridized carbons (Fsp3) is 0.536. The molecule has 0 saturated carbocycles. The van der Waals surface area contributed by atoms with E-state index in [9.17, 15) is 17.6 Å². The number of carbonyl (C=O) groups is 1. The second-order valence-electron chi connectivity index (χ2n) is 11.0. The second-order valence-corrected chi connectivity index (χ2v) is 12.7. The summed E-state index contributed by atoms with van der Waals surface area (Å²) in [5.41, 5.74) is 1.45. The molecule has 2 aliphatic rings. The Bertz CT molecular complexity index is 1490. The minimum Gasteiger partial charge on any atom is -0.473 e. The maximum atomic E-state index is 13.7. The third kappa shape index (κ3) is 6.62. The zero-order chi connectivity index (χ0) is 29.3. The van der Waals surface area contributed by atoms with Crippen LogP contribution in [0.15, 0.2) is 30.3 Å². The Hall–Kier alpha value is -3.29. The number of benzene rings is 1. The first-order valence-electron chi connectivity index (χ1n) is 13.9. The molecule has 1 aromatic carbocycles. The largest absolute Gasteiger partial charge is 0.473 e. The van der Waals surface area contributed by atoms with Gasteiger partial charge in [-0.25, -0.2) is 27.2 Å². The van der Waals surface area contributed by atoms with Crippen LogP contribution in [0.25, 0.3) is 16.7 Å². The van der Waals surface area contributed by atoms with Crippen molar-refractivity contribution in [3.8, 4) is 11.6 Å². The van der Waals surface area contributed by atoms with E-state index in [1.807, 2.05) is 18.6 Å². The first kappa shape index (κ1) is 29.2. The molecule has 0 unspecified atom stereocenters. The van der Waals surface area contributed by atoms with E-state index in [1.165, 1.54) is 16.8 Å². The van der Waals surface area contributed by atoms with Crippen molar-refractivity contribution in [1.29, 1.82) is 0 Å². The highest BCUT2D eigenvalue weighted by molar-refractivity contribution is 7.89.